The van der Waals surface area contributed by atoms with E-state index in [0.717, 1.165) is 0 Å². The Morgan fingerprint density at radius 3 is 2.15 bits per heavy atom. The van der Waals surface area contributed by atoms with Crippen molar-refractivity contribution in [2.75, 3.05) is 0 Å². The van der Waals surface area contributed by atoms with Gasteiger partial charge in [-0.2, -0.15) is 0 Å². The molecule has 0 nitrogen and oxygen atoms in total. The van der Waals surface area contributed by atoms with E-state index in [2.05, 4.69) is 0 Å². The molecule has 0 fully saturated rings. The lowest BCUT2D eigenvalue weighted by atomic mass is 10.1. The first-order chi connectivity index (χ1) is 6.06. The summed E-state index contributed by atoms with van der Waals surface area (Å²) in [5, 5.41) is 0. The summed E-state index contributed by atoms with van der Waals surface area (Å²) in [7, 11) is 0. The summed E-state index contributed by atoms with van der Waals surface area (Å²) >= 11 is 5.28. The maximum Gasteiger partial charge on any atom is 0.264 e. The van der Waals surface area contributed by atoms with E-state index in [1.54, 1.807) is 0 Å². The van der Waals surface area contributed by atoms with Gasteiger partial charge in [0, 0.05) is 11.4 Å². The molecule has 0 aliphatic carbocycles. The molecule has 0 aliphatic heterocycles. The SMILES string of the molecule is Fc1cc(CCl)c(C(F)F)cc1F. The maximum absolute atomic E-state index is 12.5. The zero-order valence-electron chi connectivity index (χ0n) is 6.33. The van der Waals surface area contributed by atoms with Gasteiger partial charge in [-0.1, -0.05) is 0 Å². The first-order valence-electron chi connectivity index (χ1n) is 3.38. The van der Waals surface area contributed by atoms with Crippen LogP contribution >= 0.6 is 11.6 Å². The van der Waals surface area contributed by atoms with Crippen molar-refractivity contribution in [2.24, 2.45) is 0 Å². The van der Waals surface area contributed by atoms with Gasteiger partial charge in [0.05, 0.1) is 0 Å². The molecular weight excluding hydrogens is 208 g/mol. The van der Waals surface area contributed by atoms with E-state index in [1.807, 2.05) is 0 Å². The topological polar surface area (TPSA) is 0 Å². The first kappa shape index (κ1) is 10.3. The molecule has 0 radical (unpaired) electrons. The van der Waals surface area contributed by atoms with E-state index in [4.69, 9.17) is 11.6 Å². The molecule has 0 aromatic heterocycles. The summed E-state index contributed by atoms with van der Waals surface area (Å²) < 4.78 is 49.4. The van der Waals surface area contributed by atoms with Crippen molar-refractivity contribution in [3.8, 4) is 0 Å². The number of halogens is 5. The molecule has 72 valence electrons. The summed E-state index contributed by atoms with van der Waals surface area (Å²) in [5.41, 5.74) is -0.649. The van der Waals surface area contributed by atoms with Crippen LogP contribution in [0.5, 0.6) is 0 Å². The number of alkyl halides is 3. The molecule has 0 aliphatic rings. The Morgan fingerprint density at radius 2 is 1.69 bits per heavy atom. The highest BCUT2D eigenvalue weighted by molar-refractivity contribution is 6.17. The summed E-state index contributed by atoms with van der Waals surface area (Å²) in [5.74, 6) is -2.72. The molecule has 0 spiro atoms. The average Bonchev–Trinajstić information content (AvgIpc) is 2.08. The minimum atomic E-state index is -2.84. The molecule has 0 saturated carbocycles. The number of hydrogen-bond acceptors (Lipinski definition) is 0. The Morgan fingerprint density at radius 1 is 1.15 bits per heavy atom. The van der Waals surface area contributed by atoms with Gasteiger partial charge in [0.1, 0.15) is 0 Å². The fourth-order valence-corrected chi connectivity index (χ4v) is 1.15. The van der Waals surface area contributed by atoms with E-state index in [-0.39, 0.29) is 11.4 Å². The number of hydrogen-bond donors (Lipinski definition) is 0. The third-order valence-corrected chi connectivity index (χ3v) is 1.85. The second kappa shape index (κ2) is 3.96. The van der Waals surface area contributed by atoms with Crippen LogP contribution < -0.4 is 0 Å². The van der Waals surface area contributed by atoms with Crippen LogP contribution in [0.1, 0.15) is 17.6 Å². The van der Waals surface area contributed by atoms with Crippen molar-refractivity contribution in [3.63, 3.8) is 0 Å². The second-order valence-corrected chi connectivity index (χ2v) is 2.67. The molecule has 13 heavy (non-hydrogen) atoms. The van der Waals surface area contributed by atoms with Crippen LogP contribution in [-0.4, -0.2) is 0 Å². The molecule has 1 aromatic carbocycles. The third kappa shape index (κ3) is 2.12. The summed E-state index contributed by atoms with van der Waals surface area (Å²) in [6.07, 6.45) is -2.84. The van der Waals surface area contributed by atoms with E-state index in [1.165, 1.54) is 0 Å². The Labute approximate surface area is 77.1 Å². The Bertz CT molecular complexity index is 311. The predicted octanol–water partition coefficient (Wildman–Crippen LogP) is 3.64. The van der Waals surface area contributed by atoms with Crippen LogP contribution in [0.3, 0.4) is 0 Å². The van der Waals surface area contributed by atoms with Crippen LogP contribution in [0.4, 0.5) is 17.6 Å². The number of benzene rings is 1. The van der Waals surface area contributed by atoms with Gasteiger partial charge in [0.15, 0.2) is 11.6 Å². The van der Waals surface area contributed by atoms with Crippen molar-refractivity contribution in [3.05, 3.63) is 34.9 Å². The summed E-state index contributed by atoms with van der Waals surface area (Å²) in [4.78, 5) is 0. The normalized spacial score (nSPS) is 10.9. The van der Waals surface area contributed by atoms with Gasteiger partial charge >= 0.3 is 0 Å². The monoisotopic (exact) mass is 212 g/mol. The van der Waals surface area contributed by atoms with Crippen LogP contribution in [0.25, 0.3) is 0 Å². The molecule has 0 bridgehead atoms. The minimum Gasteiger partial charge on any atom is -0.205 e. The van der Waals surface area contributed by atoms with Crippen LogP contribution in [-0.2, 0) is 5.88 Å². The quantitative estimate of drug-likeness (QED) is 0.519. The van der Waals surface area contributed by atoms with Gasteiger partial charge < -0.3 is 0 Å². The van der Waals surface area contributed by atoms with Gasteiger partial charge in [0.25, 0.3) is 6.43 Å². The Hall–Kier alpha value is -0.770. The van der Waals surface area contributed by atoms with E-state index < -0.39 is 23.6 Å². The van der Waals surface area contributed by atoms with Crippen molar-refractivity contribution < 1.29 is 17.6 Å². The highest BCUT2D eigenvalue weighted by Gasteiger charge is 2.16. The van der Waals surface area contributed by atoms with Crippen LogP contribution in [0.2, 0.25) is 0 Å². The van der Waals surface area contributed by atoms with E-state index in [9.17, 15) is 17.6 Å². The molecule has 0 amide bonds. The highest BCUT2D eigenvalue weighted by atomic mass is 35.5. The van der Waals surface area contributed by atoms with Gasteiger partial charge in [0.2, 0.25) is 0 Å². The zero-order valence-corrected chi connectivity index (χ0v) is 7.08. The second-order valence-electron chi connectivity index (χ2n) is 2.40. The predicted molar refractivity (Wildman–Crippen MR) is 40.9 cm³/mol. The fourth-order valence-electron chi connectivity index (χ4n) is 0.922. The van der Waals surface area contributed by atoms with Crippen LogP contribution in [0.15, 0.2) is 12.1 Å². The lowest BCUT2D eigenvalue weighted by Gasteiger charge is -2.06. The average molecular weight is 213 g/mol. The van der Waals surface area contributed by atoms with Gasteiger partial charge in [-0.25, -0.2) is 17.6 Å². The zero-order chi connectivity index (χ0) is 10.0. The maximum atomic E-state index is 12.5. The smallest absolute Gasteiger partial charge is 0.205 e. The van der Waals surface area contributed by atoms with Gasteiger partial charge in [-0.3, -0.25) is 0 Å². The van der Waals surface area contributed by atoms with Gasteiger partial charge in [-0.05, 0) is 17.7 Å². The van der Waals surface area contributed by atoms with E-state index in [0.29, 0.717) is 12.1 Å². The van der Waals surface area contributed by atoms with Crippen molar-refractivity contribution in [1.82, 2.24) is 0 Å². The molecule has 0 heterocycles. The molecule has 0 saturated heterocycles. The highest BCUT2D eigenvalue weighted by Crippen LogP contribution is 2.26. The third-order valence-electron chi connectivity index (χ3n) is 1.56. The van der Waals surface area contributed by atoms with E-state index >= 15 is 0 Å². The molecule has 0 unspecified atom stereocenters. The molecule has 5 heteroatoms. The number of rotatable bonds is 2. The standard InChI is InChI=1S/C8H5ClF4/c9-3-4-1-6(10)7(11)2-5(4)8(12)13/h1-2,8H,3H2. The summed E-state index contributed by atoms with van der Waals surface area (Å²) in [6, 6.07) is 1.15. The largest absolute Gasteiger partial charge is 0.264 e. The minimum absolute atomic E-state index is 0.0874. The van der Waals surface area contributed by atoms with Crippen LogP contribution in [0, 0.1) is 11.6 Å². The Kier molecular flexibility index (Phi) is 3.14. The Balaban J connectivity index is 3.25. The molecule has 1 rings (SSSR count). The molecule has 1 aromatic rings. The van der Waals surface area contributed by atoms with Gasteiger partial charge in [-0.15, -0.1) is 11.6 Å². The van der Waals surface area contributed by atoms with Crippen molar-refractivity contribution >= 4 is 11.6 Å². The molecule has 0 N–H and O–H groups in total. The molecular formula is C8H5ClF4. The summed E-state index contributed by atoms with van der Waals surface area (Å²) in [6.45, 7) is 0. The van der Waals surface area contributed by atoms with Crippen molar-refractivity contribution in [2.45, 2.75) is 12.3 Å². The fraction of sp³-hybridized carbons (Fsp3) is 0.250. The lowest BCUT2D eigenvalue weighted by Crippen LogP contribution is -1.96. The molecule has 0 atom stereocenters. The van der Waals surface area contributed by atoms with Crippen molar-refractivity contribution in [1.29, 1.82) is 0 Å². The first-order valence-corrected chi connectivity index (χ1v) is 3.91. The lowest BCUT2D eigenvalue weighted by molar-refractivity contribution is 0.150.